The van der Waals surface area contributed by atoms with Gasteiger partial charge < -0.3 is 19.8 Å². The summed E-state index contributed by atoms with van der Waals surface area (Å²) < 4.78 is 12.7. The molecule has 34 heavy (non-hydrogen) atoms. The van der Waals surface area contributed by atoms with Gasteiger partial charge in [0.2, 0.25) is 5.95 Å². The van der Waals surface area contributed by atoms with Crippen LogP contribution in [0.2, 0.25) is 0 Å². The number of methoxy groups -OCH3 is 1. The van der Waals surface area contributed by atoms with Gasteiger partial charge in [-0.05, 0) is 36.1 Å². The van der Waals surface area contributed by atoms with Crippen LogP contribution in [0, 0.1) is 0 Å². The lowest BCUT2D eigenvalue weighted by Gasteiger charge is -2.26. The van der Waals surface area contributed by atoms with Crippen LogP contribution < -0.4 is 4.74 Å². The second-order valence-electron chi connectivity index (χ2n) is 7.71. The number of fused-ring (bicyclic) bond motifs is 1. The van der Waals surface area contributed by atoms with Crippen LogP contribution in [0.4, 0.5) is 0 Å². The van der Waals surface area contributed by atoms with Gasteiger partial charge in [-0.15, -0.1) is 11.8 Å². The summed E-state index contributed by atoms with van der Waals surface area (Å²) in [6.07, 6.45) is 7.69. The molecule has 9 heteroatoms. The Kier molecular flexibility index (Phi) is 7.16. The predicted molar refractivity (Wildman–Crippen MR) is 133 cm³/mol. The summed E-state index contributed by atoms with van der Waals surface area (Å²) in [4.78, 5) is 25.2. The van der Waals surface area contributed by atoms with Crippen molar-refractivity contribution < 1.29 is 19.7 Å². The number of hydrogen-bond acceptors (Lipinski definition) is 6. The molecule has 5 rings (SSSR count). The lowest BCUT2D eigenvalue weighted by atomic mass is 10.1. The molecule has 0 aliphatic carbocycles. The molecule has 3 heterocycles. The van der Waals surface area contributed by atoms with Crippen molar-refractivity contribution in [1.29, 1.82) is 0 Å². The summed E-state index contributed by atoms with van der Waals surface area (Å²) >= 11 is 1.66. The van der Waals surface area contributed by atoms with E-state index in [1.54, 1.807) is 18.9 Å². The Morgan fingerprint density at radius 3 is 2.53 bits per heavy atom. The quantitative estimate of drug-likeness (QED) is 0.407. The molecular weight excluding hydrogens is 452 g/mol. The van der Waals surface area contributed by atoms with E-state index in [4.69, 9.17) is 9.47 Å². The number of aromatic nitrogens is 3. The fourth-order valence-corrected chi connectivity index (χ4v) is 4.61. The van der Waals surface area contributed by atoms with Crippen LogP contribution in [0.3, 0.4) is 0 Å². The third-order valence-corrected chi connectivity index (χ3v) is 6.56. The van der Waals surface area contributed by atoms with E-state index in [0.717, 1.165) is 32.7 Å². The highest BCUT2D eigenvalue weighted by atomic mass is 32.2. The molecule has 0 atom stereocenters. The molecule has 1 aliphatic heterocycles. The third-order valence-electron chi connectivity index (χ3n) is 5.79. The van der Waals surface area contributed by atoms with Crippen molar-refractivity contribution in [3.63, 3.8) is 0 Å². The van der Waals surface area contributed by atoms with Crippen LogP contribution in [-0.2, 0) is 4.74 Å². The maximum Gasteiger partial charge on any atom is 0.254 e. The molecule has 0 radical (unpaired) electrons. The van der Waals surface area contributed by atoms with E-state index in [1.807, 2.05) is 76.8 Å². The Hall–Kier alpha value is -3.40. The molecule has 2 N–H and O–H groups in total. The minimum Gasteiger partial charge on any atom is -0.497 e. The lowest BCUT2D eigenvalue weighted by Crippen LogP contribution is -2.40. The van der Waals surface area contributed by atoms with Crippen molar-refractivity contribution in [3.05, 3.63) is 66.6 Å². The number of morpholine rings is 1. The van der Waals surface area contributed by atoms with Crippen molar-refractivity contribution in [2.45, 2.75) is 4.90 Å². The molecule has 2 aromatic carbocycles. The molecule has 1 amide bonds. The summed E-state index contributed by atoms with van der Waals surface area (Å²) in [6, 6.07) is 13.7. The first-order chi connectivity index (χ1) is 16.2. The zero-order valence-electron chi connectivity index (χ0n) is 19.0. The molecule has 0 saturated carbocycles. The van der Waals surface area contributed by atoms with Crippen LogP contribution in [0.25, 0.3) is 28.0 Å². The van der Waals surface area contributed by atoms with Gasteiger partial charge in [0.25, 0.3) is 5.91 Å². The van der Waals surface area contributed by atoms with Gasteiger partial charge in [-0.25, -0.2) is 9.97 Å². The van der Waals surface area contributed by atoms with Gasteiger partial charge in [-0.2, -0.15) is 0 Å². The summed E-state index contributed by atoms with van der Waals surface area (Å²) in [5.74, 6) is 1.37. The topological polar surface area (TPSA) is 101 Å². The monoisotopic (exact) mass is 478 g/mol. The zero-order valence-corrected chi connectivity index (χ0v) is 19.8. The van der Waals surface area contributed by atoms with E-state index in [0.29, 0.717) is 37.8 Å². The summed E-state index contributed by atoms with van der Waals surface area (Å²) in [5, 5.41) is 1.07. The van der Waals surface area contributed by atoms with Gasteiger partial charge in [-0.1, -0.05) is 18.2 Å². The SMILES string of the molecule is COc1cccc(-c2cnc(-n3cc(SC)c4ccc(C(=O)N5CCOCC5)cc43)nc2)c1.O. The summed E-state index contributed by atoms with van der Waals surface area (Å²) in [6.45, 7) is 2.38. The first kappa shape index (κ1) is 23.7. The summed E-state index contributed by atoms with van der Waals surface area (Å²) in [5.41, 5.74) is 3.46. The predicted octanol–water partition coefficient (Wildman–Crippen LogP) is 3.47. The smallest absolute Gasteiger partial charge is 0.254 e. The number of rotatable bonds is 5. The molecule has 0 unspecified atom stereocenters. The zero-order chi connectivity index (χ0) is 22.8. The standard InChI is InChI=1S/C25H24N4O3S.H2O/c1-31-20-5-3-4-17(12-20)19-14-26-25(27-15-19)29-16-23(33-2)21-7-6-18(13-22(21)29)24(30)28-8-10-32-11-9-28;/h3-7,12-16H,8-11H2,1-2H3;1H2. The Morgan fingerprint density at radius 1 is 1.06 bits per heavy atom. The number of amides is 1. The van der Waals surface area contributed by atoms with Crippen LogP contribution in [0.5, 0.6) is 5.75 Å². The van der Waals surface area contributed by atoms with E-state index >= 15 is 0 Å². The van der Waals surface area contributed by atoms with Gasteiger partial charge in [0.15, 0.2) is 0 Å². The average molecular weight is 479 g/mol. The third kappa shape index (κ3) is 4.50. The molecule has 1 fully saturated rings. The van der Waals surface area contributed by atoms with Gasteiger partial charge >= 0.3 is 0 Å². The Bertz CT molecular complexity index is 1300. The van der Waals surface area contributed by atoms with Crippen LogP contribution in [0.1, 0.15) is 10.4 Å². The fraction of sp³-hybridized carbons (Fsp3) is 0.240. The molecule has 1 aliphatic rings. The summed E-state index contributed by atoms with van der Waals surface area (Å²) in [7, 11) is 1.65. The second kappa shape index (κ2) is 10.3. The highest BCUT2D eigenvalue weighted by Crippen LogP contribution is 2.31. The molecular formula is C25H26N4O4S. The first-order valence-electron chi connectivity index (χ1n) is 10.7. The van der Waals surface area contributed by atoms with Crippen molar-refractivity contribution in [2.24, 2.45) is 0 Å². The van der Waals surface area contributed by atoms with Crippen LogP contribution in [0.15, 0.2) is 66.0 Å². The number of carbonyl (C=O) groups is 1. The molecule has 0 spiro atoms. The number of hydrogen-bond donors (Lipinski definition) is 0. The van der Waals surface area contributed by atoms with E-state index < -0.39 is 0 Å². The Morgan fingerprint density at radius 2 is 1.82 bits per heavy atom. The van der Waals surface area contributed by atoms with Gasteiger partial charge in [0.05, 0.1) is 25.8 Å². The van der Waals surface area contributed by atoms with Gasteiger partial charge in [-0.3, -0.25) is 9.36 Å². The molecule has 4 aromatic rings. The number of thioether (sulfide) groups is 1. The maximum atomic E-state index is 13.0. The second-order valence-corrected chi connectivity index (χ2v) is 8.56. The largest absolute Gasteiger partial charge is 0.497 e. The van der Waals surface area contributed by atoms with E-state index in [1.165, 1.54) is 0 Å². The minimum atomic E-state index is 0. The normalized spacial score (nSPS) is 13.5. The number of benzene rings is 2. The Balaban J connectivity index is 0.00000274. The molecule has 0 bridgehead atoms. The van der Waals surface area contributed by atoms with Crippen molar-refractivity contribution in [3.8, 4) is 22.8 Å². The van der Waals surface area contributed by atoms with E-state index in [2.05, 4.69) is 9.97 Å². The fourth-order valence-electron chi connectivity index (χ4n) is 4.00. The lowest BCUT2D eigenvalue weighted by molar-refractivity contribution is 0.0303. The van der Waals surface area contributed by atoms with Gasteiger partial charge in [0, 0.05) is 53.1 Å². The minimum absolute atomic E-state index is 0. The number of nitrogens with zero attached hydrogens (tertiary/aromatic N) is 4. The van der Waals surface area contributed by atoms with Crippen LogP contribution >= 0.6 is 11.8 Å². The van der Waals surface area contributed by atoms with Crippen molar-refractivity contribution in [1.82, 2.24) is 19.4 Å². The highest BCUT2D eigenvalue weighted by Gasteiger charge is 2.20. The van der Waals surface area contributed by atoms with Gasteiger partial charge in [0.1, 0.15) is 5.75 Å². The molecule has 2 aromatic heterocycles. The van der Waals surface area contributed by atoms with Crippen molar-refractivity contribution >= 4 is 28.6 Å². The molecule has 1 saturated heterocycles. The average Bonchev–Trinajstić information content (AvgIpc) is 3.27. The van der Waals surface area contributed by atoms with Crippen molar-refractivity contribution in [2.75, 3.05) is 39.7 Å². The van der Waals surface area contributed by atoms with Crippen LogP contribution in [-0.4, -0.2) is 70.5 Å². The number of ether oxygens (including phenoxy) is 2. The molecule has 8 nitrogen and oxygen atoms in total. The van der Waals surface area contributed by atoms with E-state index in [9.17, 15) is 4.79 Å². The maximum absolute atomic E-state index is 13.0. The Labute approximate surface area is 201 Å². The number of carbonyl (C=O) groups excluding carboxylic acids is 1. The molecule has 176 valence electrons. The highest BCUT2D eigenvalue weighted by molar-refractivity contribution is 7.98. The first-order valence-corrected chi connectivity index (χ1v) is 11.9. The van der Waals surface area contributed by atoms with E-state index in [-0.39, 0.29) is 11.4 Å².